The van der Waals surface area contributed by atoms with Gasteiger partial charge in [-0.15, -0.1) is 0 Å². The molecule has 0 aliphatic carbocycles. The molecule has 1 heterocycles. The maximum absolute atomic E-state index is 9.35. The zero-order valence-electron chi connectivity index (χ0n) is 10.5. The fourth-order valence-corrected chi connectivity index (χ4v) is 2.40. The molecule has 0 saturated heterocycles. The Labute approximate surface area is 125 Å². The van der Waals surface area contributed by atoms with E-state index in [0.29, 0.717) is 16.0 Å². The molecule has 2 nitrogen and oxygen atoms in total. The van der Waals surface area contributed by atoms with Crippen molar-refractivity contribution < 1.29 is 4.42 Å². The number of halogens is 1. The largest absolute Gasteiger partial charge is 0.450 e. The van der Waals surface area contributed by atoms with Crippen molar-refractivity contribution >= 4 is 38.4 Å². The molecule has 0 bridgehead atoms. The molecular weight excluding hydrogens is 314 g/mol. The van der Waals surface area contributed by atoms with Crippen molar-refractivity contribution in [2.45, 2.75) is 0 Å². The molecule has 0 aliphatic rings. The lowest BCUT2D eigenvalue weighted by Gasteiger charge is -2.02. The van der Waals surface area contributed by atoms with Crippen LogP contribution in [0.3, 0.4) is 0 Å². The molecule has 0 amide bonds. The van der Waals surface area contributed by atoms with Crippen molar-refractivity contribution in [2.24, 2.45) is 0 Å². The van der Waals surface area contributed by atoms with E-state index in [1.54, 1.807) is 12.1 Å². The normalized spacial score (nSPS) is 11.5. The zero-order valence-corrected chi connectivity index (χ0v) is 12.1. The summed E-state index contributed by atoms with van der Waals surface area (Å²) in [6.45, 7) is 0. The average Bonchev–Trinajstić information content (AvgIpc) is 2.89. The number of allylic oxidation sites excluding steroid dienone is 1. The number of hydrogen-bond donors (Lipinski definition) is 0. The molecule has 0 aliphatic heterocycles. The highest BCUT2D eigenvalue weighted by Crippen LogP contribution is 2.24. The Bertz CT molecular complexity index is 839. The van der Waals surface area contributed by atoms with Crippen LogP contribution in [0.2, 0.25) is 0 Å². The highest BCUT2D eigenvalue weighted by Gasteiger charge is 2.04. The van der Waals surface area contributed by atoms with E-state index in [4.69, 9.17) is 4.42 Å². The zero-order chi connectivity index (χ0) is 13.9. The van der Waals surface area contributed by atoms with Gasteiger partial charge < -0.3 is 4.42 Å². The molecule has 0 N–H and O–H groups in total. The van der Waals surface area contributed by atoms with Crippen LogP contribution in [-0.4, -0.2) is 0 Å². The van der Waals surface area contributed by atoms with Crippen molar-refractivity contribution in [3.05, 3.63) is 70.6 Å². The number of rotatable bonds is 2. The highest BCUT2D eigenvalue weighted by molar-refractivity contribution is 9.10. The lowest BCUT2D eigenvalue weighted by atomic mass is 10.0. The van der Waals surface area contributed by atoms with Gasteiger partial charge in [-0.05, 0) is 56.5 Å². The standard InChI is InChI=1S/C17H10BrNO/c18-17-8-7-16(20-17)10-15(11-19)14-6-5-12-3-1-2-4-13(12)9-14/h1-10H/b15-10-. The van der Waals surface area contributed by atoms with Crippen LogP contribution in [0.15, 0.2) is 63.7 Å². The van der Waals surface area contributed by atoms with E-state index in [1.807, 2.05) is 42.5 Å². The minimum Gasteiger partial charge on any atom is -0.450 e. The second-order valence-electron chi connectivity index (χ2n) is 4.37. The molecular formula is C17H10BrNO. The van der Waals surface area contributed by atoms with Crippen LogP contribution in [0.1, 0.15) is 11.3 Å². The number of benzene rings is 2. The third kappa shape index (κ3) is 2.52. The first-order valence-corrected chi connectivity index (χ1v) is 6.92. The van der Waals surface area contributed by atoms with Gasteiger partial charge in [0.1, 0.15) is 5.76 Å². The van der Waals surface area contributed by atoms with E-state index in [-0.39, 0.29) is 0 Å². The number of nitrogens with zero attached hydrogens (tertiary/aromatic N) is 1. The van der Waals surface area contributed by atoms with Crippen LogP contribution in [0.5, 0.6) is 0 Å². The van der Waals surface area contributed by atoms with Gasteiger partial charge in [0, 0.05) is 0 Å². The Kier molecular flexibility index (Phi) is 3.41. The van der Waals surface area contributed by atoms with Crippen molar-refractivity contribution in [1.82, 2.24) is 0 Å². The quantitative estimate of drug-likeness (QED) is 0.603. The Balaban J connectivity index is 2.07. The van der Waals surface area contributed by atoms with Crippen LogP contribution in [-0.2, 0) is 0 Å². The van der Waals surface area contributed by atoms with Crippen molar-refractivity contribution in [3.8, 4) is 6.07 Å². The van der Waals surface area contributed by atoms with Crippen LogP contribution in [0.25, 0.3) is 22.4 Å². The predicted molar refractivity (Wildman–Crippen MR) is 83.8 cm³/mol. The summed E-state index contributed by atoms with van der Waals surface area (Å²) in [5.74, 6) is 0.654. The summed E-state index contributed by atoms with van der Waals surface area (Å²) in [4.78, 5) is 0. The highest BCUT2D eigenvalue weighted by atomic mass is 79.9. The molecule has 0 saturated carbocycles. The SMILES string of the molecule is N#C/C(=C/c1ccc(Br)o1)c1ccc2ccccc2c1. The van der Waals surface area contributed by atoms with E-state index in [0.717, 1.165) is 16.3 Å². The number of nitriles is 1. The second kappa shape index (κ2) is 5.36. The summed E-state index contributed by atoms with van der Waals surface area (Å²) in [5, 5.41) is 11.6. The second-order valence-corrected chi connectivity index (χ2v) is 5.16. The number of furan rings is 1. The smallest absolute Gasteiger partial charge is 0.169 e. The lowest BCUT2D eigenvalue weighted by molar-refractivity contribution is 0.532. The maximum atomic E-state index is 9.35. The molecule has 0 radical (unpaired) electrons. The molecule has 1 aromatic heterocycles. The van der Waals surface area contributed by atoms with Gasteiger partial charge in [0.25, 0.3) is 0 Å². The van der Waals surface area contributed by atoms with E-state index in [2.05, 4.69) is 28.1 Å². The fraction of sp³-hybridized carbons (Fsp3) is 0. The Hall–Kier alpha value is -2.31. The van der Waals surface area contributed by atoms with Gasteiger partial charge in [-0.1, -0.05) is 36.4 Å². The Morgan fingerprint density at radius 2 is 1.85 bits per heavy atom. The summed E-state index contributed by atoms with van der Waals surface area (Å²) >= 11 is 3.25. The summed E-state index contributed by atoms with van der Waals surface area (Å²) in [6, 6.07) is 19.9. The third-order valence-corrected chi connectivity index (χ3v) is 3.49. The van der Waals surface area contributed by atoms with Crippen molar-refractivity contribution in [3.63, 3.8) is 0 Å². The van der Waals surface area contributed by atoms with E-state index in [1.165, 1.54) is 0 Å². The predicted octanol–water partition coefficient (Wildman–Crippen LogP) is 5.26. The summed E-state index contributed by atoms with van der Waals surface area (Å²) in [5.41, 5.74) is 1.47. The molecule has 3 aromatic rings. The van der Waals surface area contributed by atoms with Gasteiger partial charge >= 0.3 is 0 Å². The first-order valence-electron chi connectivity index (χ1n) is 6.12. The molecule has 0 spiro atoms. The number of fused-ring (bicyclic) bond motifs is 1. The molecule has 0 unspecified atom stereocenters. The maximum Gasteiger partial charge on any atom is 0.169 e. The summed E-state index contributed by atoms with van der Waals surface area (Å²) in [6.07, 6.45) is 1.74. The molecule has 96 valence electrons. The molecule has 3 heteroatoms. The minimum atomic E-state index is 0.581. The van der Waals surface area contributed by atoms with Gasteiger partial charge in [0.2, 0.25) is 0 Å². The first kappa shape index (κ1) is 12.7. The third-order valence-electron chi connectivity index (χ3n) is 3.06. The monoisotopic (exact) mass is 323 g/mol. The van der Waals surface area contributed by atoms with Crippen molar-refractivity contribution in [2.75, 3.05) is 0 Å². The van der Waals surface area contributed by atoms with E-state index in [9.17, 15) is 5.26 Å². The fourth-order valence-electron chi connectivity index (χ4n) is 2.09. The molecule has 0 atom stereocenters. The van der Waals surface area contributed by atoms with Gasteiger partial charge in [-0.25, -0.2) is 0 Å². The average molecular weight is 324 g/mol. The lowest BCUT2D eigenvalue weighted by Crippen LogP contribution is -1.82. The molecule has 3 rings (SSSR count). The van der Waals surface area contributed by atoms with Gasteiger partial charge in [0.05, 0.1) is 11.6 Å². The van der Waals surface area contributed by atoms with Gasteiger partial charge in [-0.2, -0.15) is 5.26 Å². The number of hydrogen-bond acceptors (Lipinski definition) is 2. The molecule has 0 fully saturated rings. The van der Waals surface area contributed by atoms with Gasteiger partial charge in [0.15, 0.2) is 4.67 Å². The molecule has 20 heavy (non-hydrogen) atoms. The minimum absolute atomic E-state index is 0.581. The topological polar surface area (TPSA) is 36.9 Å². The van der Waals surface area contributed by atoms with Crippen LogP contribution < -0.4 is 0 Å². The Morgan fingerprint density at radius 1 is 1.05 bits per heavy atom. The van der Waals surface area contributed by atoms with E-state index < -0.39 is 0 Å². The van der Waals surface area contributed by atoms with Crippen molar-refractivity contribution in [1.29, 1.82) is 5.26 Å². The summed E-state index contributed by atoms with van der Waals surface area (Å²) < 4.78 is 6.07. The van der Waals surface area contributed by atoms with Crippen LogP contribution in [0, 0.1) is 11.3 Å². The Morgan fingerprint density at radius 3 is 2.55 bits per heavy atom. The molecule has 2 aromatic carbocycles. The summed E-state index contributed by atoms with van der Waals surface area (Å²) in [7, 11) is 0. The van der Waals surface area contributed by atoms with Crippen LogP contribution in [0.4, 0.5) is 0 Å². The first-order chi connectivity index (χ1) is 9.76. The van der Waals surface area contributed by atoms with Crippen LogP contribution >= 0.6 is 15.9 Å². The van der Waals surface area contributed by atoms with Gasteiger partial charge in [-0.3, -0.25) is 0 Å². The van der Waals surface area contributed by atoms with E-state index >= 15 is 0 Å².